The van der Waals surface area contributed by atoms with Gasteiger partial charge in [0.1, 0.15) is 11.9 Å². The summed E-state index contributed by atoms with van der Waals surface area (Å²) < 4.78 is 40.7. The van der Waals surface area contributed by atoms with E-state index >= 15 is 0 Å². The van der Waals surface area contributed by atoms with Gasteiger partial charge in [0.05, 0.1) is 18.6 Å². The third-order valence-corrected chi connectivity index (χ3v) is 6.31. The minimum Gasteiger partial charge on any atom is -0.464 e. The van der Waals surface area contributed by atoms with E-state index in [1.165, 1.54) is 31.3 Å². The van der Waals surface area contributed by atoms with E-state index in [1.54, 1.807) is 26.0 Å². The molecule has 1 aromatic heterocycles. The van der Waals surface area contributed by atoms with Gasteiger partial charge in [0, 0.05) is 12.2 Å². The van der Waals surface area contributed by atoms with Crippen molar-refractivity contribution in [1.29, 1.82) is 0 Å². The molecule has 2 aliphatic heterocycles. The third-order valence-electron chi connectivity index (χ3n) is 6.31. The van der Waals surface area contributed by atoms with E-state index in [4.69, 9.17) is 10.5 Å². The highest BCUT2D eigenvalue weighted by Gasteiger charge is 2.55. The highest BCUT2D eigenvalue weighted by molar-refractivity contribution is 5.97. The van der Waals surface area contributed by atoms with Crippen LogP contribution >= 0.6 is 0 Å². The largest absolute Gasteiger partial charge is 0.586 e. The summed E-state index contributed by atoms with van der Waals surface area (Å²) in [5.74, 6) is -2.54. The van der Waals surface area contributed by atoms with Crippen LogP contribution in [0.2, 0.25) is 0 Å². The lowest BCUT2D eigenvalue weighted by atomic mass is 9.82. The normalized spacial score (nSPS) is 21.5. The van der Waals surface area contributed by atoms with Crippen molar-refractivity contribution in [1.82, 2.24) is 15.2 Å². The molecule has 0 bridgehead atoms. The zero-order valence-corrected chi connectivity index (χ0v) is 21.4. The number of benzene rings is 1. The Hall–Kier alpha value is -3.88. The summed E-state index contributed by atoms with van der Waals surface area (Å²) in [6, 6.07) is 4.85. The minimum absolute atomic E-state index is 0.0640. The molecular formula is C25H29F2N5O7. The van der Waals surface area contributed by atoms with Crippen LogP contribution in [0.25, 0.3) is 0 Å². The molecule has 210 valence electrons. The van der Waals surface area contributed by atoms with Gasteiger partial charge in [-0.15, -0.1) is 8.78 Å². The maximum absolute atomic E-state index is 13.4. The molecule has 2 amide bonds. The van der Waals surface area contributed by atoms with Crippen LogP contribution in [-0.2, 0) is 25.5 Å². The van der Waals surface area contributed by atoms with E-state index in [9.17, 15) is 28.3 Å². The van der Waals surface area contributed by atoms with Crippen molar-refractivity contribution in [3.8, 4) is 11.5 Å². The highest BCUT2D eigenvalue weighted by Crippen LogP contribution is 2.42. The summed E-state index contributed by atoms with van der Waals surface area (Å²) in [6.07, 6.45) is -3.80. The monoisotopic (exact) mass is 549 g/mol. The number of nitrogens with zero attached hydrogens (tertiary/aromatic N) is 2. The smallest absolute Gasteiger partial charge is 0.464 e. The summed E-state index contributed by atoms with van der Waals surface area (Å²) in [5, 5.41) is 16.2. The van der Waals surface area contributed by atoms with Crippen LogP contribution in [0, 0.1) is 5.92 Å². The second kappa shape index (κ2) is 11.1. The van der Waals surface area contributed by atoms with Gasteiger partial charge in [-0.3, -0.25) is 19.8 Å². The maximum Gasteiger partial charge on any atom is 0.586 e. The fourth-order valence-corrected chi connectivity index (χ4v) is 4.35. The number of likely N-dealkylation sites (tertiary alicyclic amines) is 1. The van der Waals surface area contributed by atoms with E-state index in [1.807, 2.05) is 0 Å². The molecule has 5 atom stereocenters. The molecule has 12 nitrogen and oxygen atoms in total. The van der Waals surface area contributed by atoms with E-state index in [0.29, 0.717) is 11.1 Å². The third kappa shape index (κ3) is 6.08. The molecule has 1 unspecified atom stereocenters. The lowest BCUT2D eigenvalue weighted by molar-refractivity contribution is -0.286. The number of β-lactam (4-membered cyclic amide) rings is 1. The van der Waals surface area contributed by atoms with Gasteiger partial charge >= 0.3 is 12.3 Å². The van der Waals surface area contributed by atoms with Crippen molar-refractivity contribution in [2.45, 2.75) is 58.0 Å². The van der Waals surface area contributed by atoms with Crippen LogP contribution in [0.1, 0.15) is 37.9 Å². The van der Waals surface area contributed by atoms with Crippen LogP contribution in [0.3, 0.4) is 0 Å². The molecular weight excluding hydrogens is 520 g/mol. The number of nitrogens with one attached hydrogen (secondary N) is 2. The number of halogens is 2. The van der Waals surface area contributed by atoms with Gasteiger partial charge in [-0.05, 0) is 62.6 Å². The average Bonchev–Trinajstić information content (AvgIpc) is 3.18. The van der Waals surface area contributed by atoms with Crippen LogP contribution in [0.4, 0.5) is 14.6 Å². The number of anilines is 1. The molecule has 4 rings (SSSR count). The Balaban J connectivity index is 1.46. The predicted octanol–water partition coefficient (Wildman–Crippen LogP) is 1.25. The van der Waals surface area contributed by atoms with E-state index in [-0.39, 0.29) is 30.3 Å². The summed E-state index contributed by atoms with van der Waals surface area (Å²) >= 11 is 0. The first-order valence-corrected chi connectivity index (χ1v) is 12.2. The molecule has 2 aliphatic rings. The molecule has 1 fully saturated rings. The van der Waals surface area contributed by atoms with Crippen LogP contribution in [0.15, 0.2) is 36.5 Å². The summed E-state index contributed by atoms with van der Waals surface area (Å²) in [6.45, 7) is 4.84. The van der Waals surface area contributed by atoms with Crippen molar-refractivity contribution in [2.75, 3.05) is 11.9 Å². The number of nitrogens with two attached hydrogens (primary N) is 1. The SMILES string of the molecule is CCOC(=O)[C@@H]1[C@@H](Cc2ccnc(NC(=O)[C@H](C)N)c2)C(=O)N1C(O)N[C@H](C)c1ccc2c(c1)OC(F)(F)O2. The predicted molar refractivity (Wildman–Crippen MR) is 131 cm³/mol. The van der Waals surface area contributed by atoms with Crippen molar-refractivity contribution < 1.29 is 42.5 Å². The first-order chi connectivity index (χ1) is 18.4. The van der Waals surface area contributed by atoms with Crippen molar-refractivity contribution in [3.05, 3.63) is 47.7 Å². The first-order valence-electron chi connectivity index (χ1n) is 12.2. The number of ether oxygens (including phenoxy) is 3. The summed E-state index contributed by atoms with van der Waals surface area (Å²) in [5.41, 5.74) is 6.65. The van der Waals surface area contributed by atoms with Gasteiger partial charge < -0.3 is 30.4 Å². The number of rotatable bonds is 10. The summed E-state index contributed by atoms with van der Waals surface area (Å²) in [7, 11) is 0. The Bertz CT molecular complexity index is 1260. The van der Waals surface area contributed by atoms with E-state index in [0.717, 1.165) is 4.90 Å². The molecule has 2 aromatic rings. The molecule has 3 heterocycles. The zero-order chi connectivity index (χ0) is 28.5. The fourth-order valence-electron chi connectivity index (χ4n) is 4.35. The Morgan fingerprint density at radius 2 is 1.95 bits per heavy atom. The number of esters is 1. The maximum atomic E-state index is 13.4. The Morgan fingerprint density at radius 1 is 1.23 bits per heavy atom. The number of pyridine rings is 1. The standard InChI is InChI=1S/C25H29F2N5O7/c1-4-37-23(35)20-16(9-14-7-8-29-19(10-14)31-21(33)12(2)28)22(34)32(20)24(36)30-13(3)15-5-6-17-18(11-15)39-25(26,27)38-17/h5-8,10-13,16,20,24,30,36H,4,9,28H2,1-3H3,(H,29,31,33)/t12-,13+,16+,20-,24?/m0/s1. The molecule has 0 aliphatic carbocycles. The first kappa shape index (κ1) is 28.1. The Morgan fingerprint density at radius 3 is 2.64 bits per heavy atom. The molecule has 0 spiro atoms. The quantitative estimate of drug-likeness (QED) is 0.193. The number of carbonyl (C=O) groups is 3. The number of amides is 2. The van der Waals surface area contributed by atoms with E-state index < -0.39 is 54.5 Å². The number of fused-ring (bicyclic) bond motifs is 1. The molecule has 1 aromatic carbocycles. The topological polar surface area (TPSA) is 165 Å². The van der Waals surface area contributed by atoms with Gasteiger partial charge in [-0.2, -0.15) is 0 Å². The van der Waals surface area contributed by atoms with E-state index in [2.05, 4.69) is 25.1 Å². The van der Waals surface area contributed by atoms with Crippen molar-refractivity contribution >= 4 is 23.6 Å². The van der Waals surface area contributed by atoms with Gasteiger partial charge in [-0.1, -0.05) is 6.07 Å². The molecule has 14 heteroatoms. The number of carbonyl (C=O) groups excluding carboxylic acids is 3. The van der Waals surface area contributed by atoms with Crippen molar-refractivity contribution in [2.24, 2.45) is 11.7 Å². The van der Waals surface area contributed by atoms with Gasteiger partial charge in [0.2, 0.25) is 11.8 Å². The Kier molecular flexibility index (Phi) is 7.99. The number of hydrogen-bond acceptors (Lipinski definition) is 10. The molecule has 0 radical (unpaired) electrons. The fraction of sp³-hybridized carbons (Fsp3) is 0.440. The zero-order valence-electron chi connectivity index (χ0n) is 21.4. The number of aliphatic hydroxyl groups is 1. The summed E-state index contributed by atoms with van der Waals surface area (Å²) in [4.78, 5) is 42.8. The van der Waals surface area contributed by atoms with Gasteiger partial charge in [-0.25, -0.2) is 9.78 Å². The number of alkyl halides is 2. The minimum atomic E-state index is -3.77. The molecule has 1 saturated heterocycles. The molecule has 39 heavy (non-hydrogen) atoms. The average molecular weight is 550 g/mol. The Labute approximate surface area is 222 Å². The van der Waals surface area contributed by atoms with Gasteiger partial charge in [0.25, 0.3) is 0 Å². The van der Waals surface area contributed by atoms with Crippen LogP contribution in [-0.4, -0.2) is 64.1 Å². The van der Waals surface area contributed by atoms with Crippen molar-refractivity contribution in [3.63, 3.8) is 0 Å². The highest BCUT2D eigenvalue weighted by atomic mass is 19.3. The molecule has 5 N–H and O–H groups in total. The van der Waals surface area contributed by atoms with Crippen LogP contribution < -0.4 is 25.8 Å². The second-order valence-electron chi connectivity index (χ2n) is 9.22. The molecule has 0 saturated carbocycles. The number of hydrogen-bond donors (Lipinski definition) is 4. The lowest BCUT2D eigenvalue weighted by Crippen LogP contribution is -2.70. The number of aliphatic hydroxyl groups excluding tert-OH is 1. The second-order valence-corrected chi connectivity index (χ2v) is 9.22. The number of aromatic nitrogens is 1. The lowest BCUT2D eigenvalue weighted by Gasteiger charge is -2.48. The van der Waals surface area contributed by atoms with Gasteiger partial charge in [0.15, 0.2) is 17.9 Å². The van der Waals surface area contributed by atoms with Crippen LogP contribution in [0.5, 0.6) is 11.5 Å².